The van der Waals surface area contributed by atoms with Gasteiger partial charge in [0.25, 0.3) is 5.91 Å². The monoisotopic (exact) mass is 452 g/mol. The number of halogens is 2. The van der Waals surface area contributed by atoms with Crippen LogP contribution in [-0.2, 0) is 16.2 Å². The number of carboxylic acid groups (broad SMARTS) is 1. The van der Waals surface area contributed by atoms with Gasteiger partial charge >= 0.3 is 0 Å². The molecule has 0 aliphatic carbocycles. The number of nitrogens with zero attached hydrogens (tertiary/aromatic N) is 1. The molecule has 1 aliphatic heterocycles. The van der Waals surface area contributed by atoms with Crippen LogP contribution in [-0.4, -0.2) is 27.6 Å². The predicted molar refractivity (Wildman–Crippen MR) is 112 cm³/mol. The molecule has 28 heavy (non-hydrogen) atoms. The number of hydrogen-bond donors (Lipinski definition) is 0. The summed E-state index contributed by atoms with van der Waals surface area (Å²) in [4.78, 5) is 24.3. The summed E-state index contributed by atoms with van der Waals surface area (Å²) in [6, 6.07) is 12.3. The molecule has 0 bridgehead atoms. The number of thiocarbonyl (C=S) groups is 1. The molecule has 1 amide bonds. The van der Waals surface area contributed by atoms with E-state index >= 15 is 0 Å². The Morgan fingerprint density at radius 3 is 2.57 bits per heavy atom. The first-order valence-electron chi connectivity index (χ1n) is 7.95. The van der Waals surface area contributed by atoms with Crippen molar-refractivity contribution in [3.05, 3.63) is 68.5 Å². The van der Waals surface area contributed by atoms with Crippen LogP contribution in [0, 0.1) is 0 Å². The molecular formula is C19H12Cl2NO4S2-. The van der Waals surface area contributed by atoms with Crippen molar-refractivity contribution in [1.82, 2.24) is 4.90 Å². The molecule has 1 fully saturated rings. The van der Waals surface area contributed by atoms with Gasteiger partial charge in [-0.25, -0.2) is 0 Å². The van der Waals surface area contributed by atoms with Gasteiger partial charge < -0.3 is 14.6 Å². The summed E-state index contributed by atoms with van der Waals surface area (Å²) < 4.78 is 5.91. The zero-order valence-electron chi connectivity index (χ0n) is 14.2. The third-order valence-corrected chi connectivity index (χ3v) is 5.71. The zero-order valence-corrected chi connectivity index (χ0v) is 17.3. The van der Waals surface area contributed by atoms with Gasteiger partial charge in [-0.15, -0.1) is 0 Å². The van der Waals surface area contributed by atoms with Crippen LogP contribution in [0.3, 0.4) is 0 Å². The number of rotatable bonds is 6. The van der Waals surface area contributed by atoms with E-state index in [-0.39, 0.29) is 10.9 Å². The Labute approximate surface area is 180 Å². The van der Waals surface area contributed by atoms with Crippen LogP contribution < -0.4 is 9.84 Å². The normalized spacial score (nSPS) is 15.4. The van der Waals surface area contributed by atoms with Gasteiger partial charge in [0.05, 0.1) is 17.4 Å². The second-order valence-electron chi connectivity index (χ2n) is 5.73. The van der Waals surface area contributed by atoms with E-state index in [9.17, 15) is 14.7 Å². The third-order valence-electron chi connectivity index (χ3n) is 3.75. The van der Waals surface area contributed by atoms with Gasteiger partial charge in [0.15, 0.2) is 0 Å². The molecule has 2 aromatic rings. The van der Waals surface area contributed by atoms with Gasteiger partial charge in [0.1, 0.15) is 16.7 Å². The Morgan fingerprint density at radius 2 is 1.93 bits per heavy atom. The van der Waals surface area contributed by atoms with Crippen LogP contribution in [0.2, 0.25) is 10.0 Å². The van der Waals surface area contributed by atoms with E-state index in [1.54, 1.807) is 48.5 Å². The molecule has 1 aliphatic rings. The Kier molecular flexibility index (Phi) is 6.61. The second kappa shape index (κ2) is 8.96. The van der Waals surface area contributed by atoms with Gasteiger partial charge in [0.2, 0.25) is 0 Å². The highest BCUT2D eigenvalue weighted by Crippen LogP contribution is 2.32. The molecule has 0 saturated carbocycles. The zero-order chi connectivity index (χ0) is 20.3. The van der Waals surface area contributed by atoms with Crippen molar-refractivity contribution in [2.24, 2.45) is 0 Å². The van der Waals surface area contributed by atoms with Crippen LogP contribution in [0.1, 0.15) is 11.1 Å². The van der Waals surface area contributed by atoms with E-state index in [0.29, 0.717) is 20.7 Å². The molecule has 144 valence electrons. The van der Waals surface area contributed by atoms with E-state index in [1.807, 2.05) is 0 Å². The fourth-order valence-corrected chi connectivity index (χ4v) is 4.10. The molecular weight excluding hydrogens is 441 g/mol. The van der Waals surface area contributed by atoms with Crippen LogP contribution in [0.25, 0.3) is 6.08 Å². The molecule has 0 radical (unpaired) electrons. The highest BCUT2D eigenvalue weighted by Gasteiger charge is 2.31. The second-order valence-corrected chi connectivity index (χ2v) is 8.25. The van der Waals surface area contributed by atoms with E-state index in [4.69, 9.17) is 40.2 Å². The quantitative estimate of drug-likeness (QED) is 0.493. The molecule has 1 saturated heterocycles. The lowest BCUT2D eigenvalue weighted by Gasteiger charge is -2.14. The Hall–Kier alpha value is -2.06. The average Bonchev–Trinajstić information content (AvgIpc) is 2.89. The molecule has 2 aromatic carbocycles. The number of thioether (sulfide) groups is 1. The molecule has 0 unspecified atom stereocenters. The SMILES string of the molecule is O=C([O-])CN1C(=O)/C(=C/c2ccc(OCc3ccc(Cl)cc3Cl)cc2)SC1=S. The van der Waals surface area contributed by atoms with Crippen molar-refractivity contribution in [3.63, 3.8) is 0 Å². The number of carbonyl (C=O) groups excluding carboxylic acids is 2. The van der Waals surface area contributed by atoms with Crippen molar-refractivity contribution < 1.29 is 19.4 Å². The molecule has 5 nitrogen and oxygen atoms in total. The van der Waals surface area contributed by atoms with Gasteiger partial charge in [-0.2, -0.15) is 0 Å². The molecule has 0 spiro atoms. The minimum atomic E-state index is -1.36. The molecule has 0 aromatic heterocycles. The number of carbonyl (C=O) groups is 2. The Morgan fingerprint density at radius 1 is 1.21 bits per heavy atom. The molecule has 1 heterocycles. The minimum Gasteiger partial charge on any atom is -0.548 e. The van der Waals surface area contributed by atoms with Crippen molar-refractivity contribution in [3.8, 4) is 5.75 Å². The smallest absolute Gasteiger partial charge is 0.266 e. The van der Waals surface area contributed by atoms with Crippen molar-refractivity contribution in [2.75, 3.05) is 6.54 Å². The lowest BCUT2D eigenvalue weighted by Crippen LogP contribution is -2.40. The van der Waals surface area contributed by atoms with Gasteiger partial charge in [-0.3, -0.25) is 9.69 Å². The van der Waals surface area contributed by atoms with Gasteiger partial charge in [0, 0.05) is 15.6 Å². The van der Waals surface area contributed by atoms with Gasteiger partial charge in [-0.1, -0.05) is 65.4 Å². The van der Waals surface area contributed by atoms with E-state index in [1.165, 1.54) is 0 Å². The maximum Gasteiger partial charge on any atom is 0.266 e. The van der Waals surface area contributed by atoms with Crippen molar-refractivity contribution in [1.29, 1.82) is 0 Å². The summed E-state index contributed by atoms with van der Waals surface area (Å²) in [6.07, 6.45) is 1.65. The molecule has 9 heteroatoms. The first-order chi connectivity index (χ1) is 13.3. The fourth-order valence-electron chi connectivity index (χ4n) is 2.38. The molecule has 0 atom stereocenters. The largest absolute Gasteiger partial charge is 0.548 e. The standard InChI is InChI=1S/C19H13Cl2NO4S2/c20-13-4-3-12(15(21)8-13)10-26-14-5-1-11(2-6-14)7-16-18(25)22(9-17(23)24)19(27)28-16/h1-8H,9-10H2,(H,23,24)/p-1/b16-7-. The minimum absolute atomic E-state index is 0.195. The van der Waals surface area contributed by atoms with E-state index in [0.717, 1.165) is 27.8 Å². The Bertz CT molecular complexity index is 976. The fraction of sp³-hybridized carbons (Fsp3) is 0.105. The van der Waals surface area contributed by atoms with Crippen LogP contribution >= 0.6 is 47.2 Å². The van der Waals surface area contributed by atoms with Crippen LogP contribution in [0.5, 0.6) is 5.75 Å². The first-order valence-corrected chi connectivity index (χ1v) is 9.93. The molecule has 3 rings (SSSR count). The summed E-state index contributed by atoms with van der Waals surface area (Å²) in [7, 11) is 0. The number of aliphatic carboxylic acids is 1. The number of carboxylic acids is 1. The van der Waals surface area contributed by atoms with Gasteiger partial charge in [-0.05, 0) is 35.9 Å². The number of amides is 1. The maximum atomic E-state index is 12.2. The third kappa shape index (κ3) is 5.05. The summed E-state index contributed by atoms with van der Waals surface area (Å²) >= 11 is 18.1. The van der Waals surface area contributed by atoms with Crippen LogP contribution in [0.4, 0.5) is 0 Å². The van der Waals surface area contributed by atoms with Crippen molar-refractivity contribution in [2.45, 2.75) is 6.61 Å². The first kappa shape index (κ1) is 20.7. The van der Waals surface area contributed by atoms with Crippen molar-refractivity contribution >= 4 is 69.5 Å². The molecule has 0 N–H and O–H groups in total. The summed E-state index contributed by atoms with van der Waals surface area (Å²) in [5, 5.41) is 11.8. The van der Waals surface area contributed by atoms with Crippen LogP contribution in [0.15, 0.2) is 47.4 Å². The summed E-state index contributed by atoms with van der Waals surface area (Å²) in [5.74, 6) is -1.18. The van der Waals surface area contributed by atoms with E-state index in [2.05, 4.69) is 0 Å². The highest BCUT2D eigenvalue weighted by molar-refractivity contribution is 8.26. The highest BCUT2D eigenvalue weighted by atomic mass is 35.5. The topological polar surface area (TPSA) is 69.7 Å². The number of ether oxygens (including phenoxy) is 1. The number of hydrogen-bond acceptors (Lipinski definition) is 6. The maximum absolute atomic E-state index is 12.2. The number of benzene rings is 2. The van der Waals surface area contributed by atoms with E-state index < -0.39 is 18.4 Å². The lowest BCUT2D eigenvalue weighted by molar-refractivity contribution is -0.305. The Balaban J connectivity index is 1.66. The lowest BCUT2D eigenvalue weighted by atomic mass is 10.2. The summed E-state index contributed by atoms with van der Waals surface area (Å²) in [5.41, 5.74) is 1.57. The summed E-state index contributed by atoms with van der Waals surface area (Å²) in [6.45, 7) is -0.265. The predicted octanol–water partition coefficient (Wildman–Crippen LogP) is 3.52. The average molecular weight is 453 g/mol.